The molecule has 5 heteroatoms. The summed E-state index contributed by atoms with van der Waals surface area (Å²) >= 11 is 0. The fourth-order valence-corrected chi connectivity index (χ4v) is 2.27. The van der Waals surface area contributed by atoms with E-state index in [1.807, 2.05) is 7.05 Å². The zero-order valence-corrected chi connectivity index (χ0v) is 11.6. The van der Waals surface area contributed by atoms with Crippen LogP contribution in [0.25, 0.3) is 0 Å². The number of hydrogen-bond donors (Lipinski definition) is 1. The maximum Gasteiger partial charge on any atom is 0.184 e. The van der Waals surface area contributed by atoms with Crippen molar-refractivity contribution < 1.29 is 14.3 Å². The molecule has 0 saturated carbocycles. The summed E-state index contributed by atoms with van der Waals surface area (Å²) in [7, 11) is 5.17. The Kier molecular flexibility index (Phi) is 4.39. The summed E-state index contributed by atoms with van der Waals surface area (Å²) in [6.45, 7) is 2.48. The minimum Gasteiger partial charge on any atom is -0.497 e. The molecule has 0 amide bonds. The number of piperazine rings is 1. The summed E-state index contributed by atoms with van der Waals surface area (Å²) in [5.41, 5.74) is 0.564. The third-order valence-corrected chi connectivity index (χ3v) is 3.37. The van der Waals surface area contributed by atoms with E-state index < -0.39 is 0 Å². The average molecular weight is 264 g/mol. The number of Topliss-reactive ketones (excluding diaryl/α,β-unsaturated/α-hetero) is 1. The number of hydrogen-bond acceptors (Lipinski definition) is 5. The lowest BCUT2D eigenvalue weighted by Gasteiger charge is -2.30. The smallest absolute Gasteiger partial charge is 0.184 e. The Balaban J connectivity index is 2.26. The van der Waals surface area contributed by atoms with Gasteiger partial charge in [-0.1, -0.05) is 0 Å². The quantitative estimate of drug-likeness (QED) is 0.815. The average Bonchev–Trinajstić information content (AvgIpc) is 2.45. The van der Waals surface area contributed by atoms with E-state index in [9.17, 15) is 4.79 Å². The second-order valence-corrected chi connectivity index (χ2v) is 4.70. The van der Waals surface area contributed by atoms with Crippen LogP contribution < -0.4 is 14.8 Å². The highest BCUT2D eigenvalue weighted by atomic mass is 16.5. The lowest BCUT2D eigenvalue weighted by atomic mass is 10.0. The standard InChI is InChI=1S/C14H20N2O3/c1-16-7-6-15-12(9-16)14(17)11-8-10(18-2)4-5-13(11)19-3/h4-5,8,12,15H,6-7,9H2,1-3H3. The molecule has 0 aromatic heterocycles. The van der Waals surface area contributed by atoms with E-state index in [1.165, 1.54) is 0 Å². The first kappa shape index (κ1) is 13.8. The van der Waals surface area contributed by atoms with Gasteiger partial charge >= 0.3 is 0 Å². The summed E-state index contributed by atoms with van der Waals surface area (Å²) in [6.07, 6.45) is 0. The van der Waals surface area contributed by atoms with E-state index in [4.69, 9.17) is 9.47 Å². The molecule has 5 nitrogen and oxygen atoms in total. The molecule has 1 N–H and O–H groups in total. The van der Waals surface area contributed by atoms with E-state index in [0.717, 1.165) is 13.1 Å². The molecule has 0 bridgehead atoms. The van der Waals surface area contributed by atoms with E-state index in [0.29, 0.717) is 23.6 Å². The zero-order valence-electron chi connectivity index (χ0n) is 11.6. The molecule has 1 fully saturated rings. The van der Waals surface area contributed by atoms with Gasteiger partial charge in [0.1, 0.15) is 11.5 Å². The third-order valence-electron chi connectivity index (χ3n) is 3.37. The second kappa shape index (κ2) is 6.04. The molecule has 1 aliphatic rings. The highest BCUT2D eigenvalue weighted by Gasteiger charge is 2.26. The van der Waals surface area contributed by atoms with Crippen LogP contribution in [0, 0.1) is 0 Å². The van der Waals surface area contributed by atoms with Gasteiger partial charge in [-0.05, 0) is 25.2 Å². The predicted molar refractivity (Wildman–Crippen MR) is 73.2 cm³/mol. The molecule has 1 aromatic carbocycles. The molecule has 104 valence electrons. The molecule has 1 saturated heterocycles. The van der Waals surface area contributed by atoms with E-state index >= 15 is 0 Å². The Morgan fingerprint density at radius 3 is 2.79 bits per heavy atom. The first-order valence-electron chi connectivity index (χ1n) is 6.34. The van der Waals surface area contributed by atoms with Crippen molar-refractivity contribution >= 4 is 5.78 Å². The van der Waals surface area contributed by atoms with Crippen LogP contribution in [0.4, 0.5) is 0 Å². The highest BCUT2D eigenvalue weighted by molar-refractivity contribution is 6.03. The minimum atomic E-state index is -0.195. The van der Waals surface area contributed by atoms with Gasteiger partial charge in [0.2, 0.25) is 0 Å². The number of carbonyl (C=O) groups is 1. The summed E-state index contributed by atoms with van der Waals surface area (Å²) in [4.78, 5) is 14.7. The van der Waals surface area contributed by atoms with Crippen LogP contribution in [0.2, 0.25) is 0 Å². The number of rotatable bonds is 4. The molecule has 19 heavy (non-hydrogen) atoms. The third kappa shape index (κ3) is 3.05. The molecule has 1 atom stereocenters. The monoisotopic (exact) mass is 264 g/mol. The van der Waals surface area contributed by atoms with Crippen LogP contribution in [0.5, 0.6) is 11.5 Å². The van der Waals surface area contributed by atoms with E-state index in [1.54, 1.807) is 32.4 Å². The fraction of sp³-hybridized carbons (Fsp3) is 0.500. The number of benzene rings is 1. The first-order chi connectivity index (χ1) is 9.15. The lowest BCUT2D eigenvalue weighted by Crippen LogP contribution is -2.52. The molecular weight excluding hydrogens is 244 g/mol. The van der Waals surface area contributed by atoms with Crippen LogP contribution in [-0.2, 0) is 0 Å². The van der Waals surface area contributed by atoms with Gasteiger partial charge in [-0.25, -0.2) is 0 Å². The van der Waals surface area contributed by atoms with Crippen molar-refractivity contribution in [2.45, 2.75) is 6.04 Å². The van der Waals surface area contributed by atoms with Gasteiger partial charge in [0.15, 0.2) is 5.78 Å². The molecule has 0 radical (unpaired) electrons. The second-order valence-electron chi connectivity index (χ2n) is 4.70. The van der Waals surface area contributed by atoms with Crippen LogP contribution in [0.3, 0.4) is 0 Å². The number of nitrogens with zero attached hydrogens (tertiary/aromatic N) is 1. The van der Waals surface area contributed by atoms with Crippen molar-refractivity contribution in [2.24, 2.45) is 0 Å². The van der Waals surface area contributed by atoms with Crippen LogP contribution >= 0.6 is 0 Å². The molecule has 0 aliphatic carbocycles. The fourth-order valence-electron chi connectivity index (χ4n) is 2.27. The van der Waals surface area contributed by atoms with Gasteiger partial charge in [0, 0.05) is 19.6 Å². The molecule has 1 aliphatic heterocycles. The van der Waals surface area contributed by atoms with Gasteiger partial charge in [-0.3, -0.25) is 4.79 Å². The molecular formula is C14H20N2O3. The maximum atomic E-state index is 12.6. The van der Waals surface area contributed by atoms with E-state index in [-0.39, 0.29) is 11.8 Å². The van der Waals surface area contributed by atoms with Crippen molar-refractivity contribution in [1.82, 2.24) is 10.2 Å². The largest absolute Gasteiger partial charge is 0.497 e. The zero-order chi connectivity index (χ0) is 13.8. The molecule has 1 heterocycles. The summed E-state index contributed by atoms with van der Waals surface area (Å²) in [5, 5.41) is 3.25. The summed E-state index contributed by atoms with van der Waals surface area (Å²) in [5.74, 6) is 1.29. The van der Waals surface area contributed by atoms with Gasteiger partial charge in [0.05, 0.1) is 25.8 Å². The van der Waals surface area contributed by atoms with Crippen molar-refractivity contribution in [2.75, 3.05) is 40.9 Å². The maximum absolute atomic E-state index is 12.6. The van der Waals surface area contributed by atoms with Gasteiger partial charge < -0.3 is 19.7 Å². The Morgan fingerprint density at radius 1 is 1.37 bits per heavy atom. The van der Waals surface area contributed by atoms with Gasteiger partial charge in [-0.15, -0.1) is 0 Å². The number of likely N-dealkylation sites (N-methyl/N-ethyl adjacent to an activating group) is 1. The number of ether oxygens (including phenoxy) is 2. The number of ketones is 1. The van der Waals surface area contributed by atoms with Crippen LogP contribution in [0.15, 0.2) is 18.2 Å². The normalized spacial score (nSPS) is 20.1. The van der Waals surface area contributed by atoms with Crippen molar-refractivity contribution in [3.8, 4) is 11.5 Å². The molecule has 1 aromatic rings. The lowest BCUT2D eigenvalue weighted by molar-refractivity contribution is 0.0891. The highest BCUT2D eigenvalue weighted by Crippen LogP contribution is 2.25. The molecule has 1 unspecified atom stereocenters. The van der Waals surface area contributed by atoms with Gasteiger partial charge in [-0.2, -0.15) is 0 Å². The predicted octanol–water partition coefficient (Wildman–Crippen LogP) is 0.790. The van der Waals surface area contributed by atoms with Crippen LogP contribution in [0.1, 0.15) is 10.4 Å². The van der Waals surface area contributed by atoms with Crippen molar-refractivity contribution in [3.05, 3.63) is 23.8 Å². The van der Waals surface area contributed by atoms with E-state index in [2.05, 4.69) is 10.2 Å². The minimum absolute atomic E-state index is 0.0438. The number of methoxy groups -OCH3 is 2. The topological polar surface area (TPSA) is 50.8 Å². The van der Waals surface area contributed by atoms with Crippen molar-refractivity contribution in [3.63, 3.8) is 0 Å². The van der Waals surface area contributed by atoms with Gasteiger partial charge in [0.25, 0.3) is 0 Å². The summed E-state index contributed by atoms with van der Waals surface area (Å²) in [6, 6.07) is 5.09. The molecule has 0 spiro atoms. The Hall–Kier alpha value is -1.59. The Labute approximate surface area is 113 Å². The number of carbonyl (C=O) groups excluding carboxylic acids is 1. The first-order valence-corrected chi connectivity index (χ1v) is 6.34. The summed E-state index contributed by atoms with van der Waals surface area (Å²) < 4.78 is 10.4. The number of nitrogens with one attached hydrogen (secondary N) is 1. The van der Waals surface area contributed by atoms with Crippen LogP contribution in [-0.4, -0.2) is 57.6 Å². The Morgan fingerprint density at radius 2 is 2.16 bits per heavy atom. The SMILES string of the molecule is COc1ccc(OC)c(C(=O)C2CN(C)CCN2)c1. The molecule has 2 rings (SSSR count). The van der Waals surface area contributed by atoms with Crippen molar-refractivity contribution in [1.29, 1.82) is 0 Å². The Bertz CT molecular complexity index is 462.